The van der Waals surface area contributed by atoms with Gasteiger partial charge in [0.25, 0.3) is 0 Å². The highest BCUT2D eigenvalue weighted by Crippen LogP contribution is 2.26. The number of amides is 2. The molecule has 0 bridgehead atoms. The first-order chi connectivity index (χ1) is 11.6. The summed E-state index contributed by atoms with van der Waals surface area (Å²) in [6.45, 7) is 1.95. The third-order valence-corrected chi connectivity index (χ3v) is 3.60. The highest BCUT2D eigenvalue weighted by atomic mass is 16.5. The molecule has 3 rings (SSSR count). The first-order valence-electron chi connectivity index (χ1n) is 7.45. The van der Waals surface area contributed by atoms with Crippen molar-refractivity contribution in [3.05, 3.63) is 60.3 Å². The fourth-order valence-corrected chi connectivity index (χ4v) is 2.49. The molecule has 0 unspecified atom stereocenters. The van der Waals surface area contributed by atoms with Crippen LogP contribution < -0.4 is 15.8 Å². The number of primary amides is 1. The molecule has 0 aliphatic rings. The normalized spacial score (nSPS) is 10.4. The number of benzene rings is 2. The van der Waals surface area contributed by atoms with Crippen molar-refractivity contribution in [2.75, 3.05) is 12.4 Å². The van der Waals surface area contributed by atoms with E-state index in [1.165, 1.54) is 0 Å². The lowest BCUT2D eigenvalue weighted by molar-refractivity contribution is 0.259. The van der Waals surface area contributed by atoms with E-state index in [4.69, 9.17) is 10.5 Å². The predicted molar refractivity (Wildman–Crippen MR) is 93.5 cm³/mol. The Hall–Kier alpha value is -3.28. The van der Waals surface area contributed by atoms with E-state index >= 15 is 0 Å². The van der Waals surface area contributed by atoms with Gasteiger partial charge in [0.05, 0.1) is 24.2 Å². The van der Waals surface area contributed by atoms with Crippen LogP contribution in [0, 0.1) is 6.92 Å². The summed E-state index contributed by atoms with van der Waals surface area (Å²) in [4.78, 5) is 10.9. The number of hydrogen-bond donors (Lipinski definition) is 2. The van der Waals surface area contributed by atoms with Gasteiger partial charge in [0.15, 0.2) is 0 Å². The van der Waals surface area contributed by atoms with Crippen LogP contribution in [0.1, 0.15) is 5.69 Å². The number of rotatable bonds is 4. The summed E-state index contributed by atoms with van der Waals surface area (Å²) in [7, 11) is 1.64. The van der Waals surface area contributed by atoms with Crippen molar-refractivity contribution in [1.29, 1.82) is 0 Å². The van der Waals surface area contributed by atoms with Gasteiger partial charge in [-0.2, -0.15) is 5.10 Å². The number of methoxy groups -OCH3 is 1. The first-order valence-corrected chi connectivity index (χ1v) is 7.45. The summed E-state index contributed by atoms with van der Waals surface area (Å²) in [5, 5.41) is 7.11. The van der Waals surface area contributed by atoms with Crippen LogP contribution in [-0.2, 0) is 0 Å². The topological polar surface area (TPSA) is 82.2 Å². The maximum Gasteiger partial charge on any atom is 0.316 e. The standard InChI is InChI=1S/C18H18N4O2/c1-12-11-17(13-3-9-16(24-2)10-4-13)22(21-12)15-7-5-14(6-8-15)20-18(19)23/h3-11H,1-2H3,(H3,19,20,23). The number of aryl methyl sites for hydroxylation is 1. The minimum atomic E-state index is -0.586. The monoisotopic (exact) mass is 322 g/mol. The van der Waals surface area contributed by atoms with E-state index in [1.807, 2.05) is 54.1 Å². The molecule has 1 heterocycles. The number of carbonyl (C=O) groups excluding carboxylic acids is 1. The molecule has 0 saturated carbocycles. The number of aromatic nitrogens is 2. The van der Waals surface area contributed by atoms with Crippen molar-refractivity contribution in [3.63, 3.8) is 0 Å². The summed E-state index contributed by atoms with van der Waals surface area (Å²) >= 11 is 0. The molecule has 6 nitrogen and oxygen atoms in total. The number of nitrogens with zero attached hydrogens (tertiary/aromatic N) is 2. The van der Waals surface area contributed by atoms with Crippen LogP contribution in [0.3, 0.4) is 0 Å². The predicted octanol–water partition coefficient (Wildman–Crippen LogP) is 3.35. The van der Waals surface area contributed by atoms with E-state index in [2.05, 4.69) is 10.4 Å². The molecule has 3 N–H and O–H groups in total. The molecular formula is C18H18N4O2. The largest absolute Gasteiger partial charge is 0.497 e. The van der Waals surface area contributed by atoms with E-state index in [0.29, 0.717) is 5.69 Å². The third kappa shape index (κ3) is 3.22. The van der Waals surface area contributed by atoms with Crippen LogP contribution in [0.2, 0.25) is 0 Å². The summed E-state index contributed by atoms with van der Waals surface area (Å²) in [5.41, 5.74) is 9.59. The highest BCUT2D eigenvalue weighted by Gasteiger charge is 2.10. The average molecular weight is 322 g/mol. The van der Waals surface area contributed by atoms with Crippen molar-refractivity contribution < 1.29 is 9.53 Å². The number of carbonyl (C=O) groups is 1. The van der Waals surface area contributed by atoms with Gasteiger partial charge in [-0.1, -0.05) is 0 Å². The molecule has 0 saturated heterocycles. The van der Waals surface area contributed by atoms with Crippen molar-refractivity contribution in [3.8, 4) is 22.7 Å². The Bertz CT molecular complexity index is 852. The molecule has 122 valence electrons. The van der Waals surface area contributed by atoms with Crippen molar-refractivity contribution in [1.82, 2.24) is 9.78 Å². The number of nitrogens with two attached hydrogens (primary N) is 1. The lowest BCUT2D eigenvalue weighted by Gasteiger charge is -2.09. The Labute approximate surface area is 139 Å². The zero-order valence-corrected chi connectivity index (χ0v) is 13.5. The van der Waals surface area contributed by atoms with Crippen LogP contribution in [-0.4, -0.2) is 22.9 Å². The van der Waals surface area contributed by atoms with E-state index in [1.54, 1.807) is 19.2 Å². The van der Waals surface area contributed by atoms with E-state index in [-0.39, 0.29) is 0 Å². The molecule has 0 aliphatic carbocycles. The molecule has 2 amide bonds. The van der Waals surface area contributed by atoms with E-state index < -0.39 is 6.03 Å². The molecule has 3 aromatic rings. The quantitative estimate of drug-likeness (QED) is 0.773. The molecule has 0 spiro atoms. The van der Waals surface area contributed by atoms with Crippen molar-refractivity contribution in [2.45, 2.75) is 6.92 Å². The van der Waals surface area contributed by atoms with Gasteiger partial charge in [-0.3, -0.25) is 0 Å². The highest BCUT2D eigenvalue weighted by molar-refractivity contribution is 5.87. The molecular weight excluding hydrogens is 304 g/mol. The van der Waals surface area contributed by atoms with E-state index in [0.717, 1.165) is 28.4 Å². The lowest BCUT2D eigenvalue weighted by Crippen LogP contribution is -2.19. The Balaban J connectivity index is 1.97. The Morgan fingerprint density at radius 1 is 1.12 bits per heavy atom. The zero-order chi connectivity index (χ0) is 17.1. The van der Waals surface area contributed by atoms with Gasteiger partial charge in [-0.15, -0.1) is 0 Å². The Morgan fingerprint density at radius 2 is 1.79 bits per heavy atom. The van der Waals surface area contributed by atoms with E-state index in [9.17, 15) is 4.79 Å². The minimum Gasteiger partial charge on any atom is -0.497 e. The summed E-state index contributed by atoms with van der Waals surface area (Å²) in [6.07, 6.45) is 0. The Morgan fingerprint density at radius 3 is 2.38 bits per heavy atom. The third-order valence-electron chi connectivity index (χ3n) is 3.60. The van der Waals surface area contributed by atoms with Gasteiger partial charge in [-0.05, 0) is 61.5 Å². The fraction of sp³-hybridized carbons (Fsp3) is 0.111. The molecule has 2 aromatic carbocycles. The van der Waals surface area contributed by atoms with Gasteiger partial charge < -0.3 is 15.8 Å². The molecule has 0 atom stereocenters. The maximum atomic E-state index is 10.9. The van der Waals surface area contributed by atoms with Gasteiger partial charge in [0.2, 0.25) is 0 Å². The molecule has 24 heavy (non-hydrogen) atoms. The number of hydrogen-bond acceptors (Lipinski definition) is 3. The summed E-state index contributed by atoms with van der Waals surface area (Å²) in [6, 6.07) is 16.6. The van der Waals surface area contributed by atoms with Crippen molar-refractivity contribution in [2.24, 2.45) is 5.73 Å². The Kier molecular flexibility index (Phi) is 4.20. The van der Waals surface area contributed by atoms with Crippen LogP contribution >= 0.6 is 0 Å². The molecule has 0 fully saturated rings. The second-order valence-electron chi connectivity index (χ2n) is 5.35. The smallest absolute Gasteiger partial charge is 0.316 e. The van der Waals surface area contributed by atoms with Gasteiger partial charge in [0, 0.05) is 11.3 Å². The van der Waals surface area contributed by atoms with Gasteiger partial charge >= 0.3 is 6.03 Å². The maximum absolute atomic E-state index is 10.9. The number of urea groups is 1. The first kappa shape index (κ1) is 15.6. The number of ether oxygens (including phenoxy) is 1. The second kappa shape index (κ2) is 6.45. The average Bonchev–Trinajstić information content (AvgIpc) is 2.97. The fourth-order valence-electron chi connectivity index (χ4n) is 2.49. The minimum absolute atomic E-state index is 0.586. The molecule has 0 aliphatic heterocycles. The number of nitrogens with one attached hydrogen (secondary N) is 1. The lowest BCUT2D eigenvalue weighted by atomic mass is 10.1. The molecule has 6 heteroatoms. The number of anilines is 1. The summed E-state index contributed by atoms with van der Waals surface area (Å²) < 4.78 is 7.07. The van der Waals surface area contributed by atoms with Crippen molar-refractivity contribution >= 4 is 11.7 Å². The van der Waals surface area contributed by atoms with Crippen LogP contribution in [0.15, 0.2) is 54.6 Å². The van der Waals surface area contributed by atoms with Gasteiger partial charge in [-0.25, -0.2) is 9.48 Å². The van der Waals surface area contributed by atoms with Crippen LogP contribution in [0.5, 0.6) is 5.75 Å². The van der Waals surface area contributed by atoms with Gasteiger partial charge in [0.1, 0.15) is 5.75 Å². The van der Waals surface area contributed by atoms with Crippen LogP contribution in [0.25, 0.3) is 16.9 Å². The van der Waals surface area contributed by atoms with Crippen LogP contribution in [0.4, 0.5) is 10.5 Å². The SMILES string of the molecule is COc1ccc(-c2cc(C)nn2-c2ccc(NC(N)=O)cc2)cc1. The second-order valence-corrected chi connectivity index (χ2v) is 5.35. The summed E-state index contributed by atoms with van der Waals surface area (Å²) in [5.74, 6) is 0.809. The molecule has 1 aromatic heterocycles. The molecule has 0 radical (unpaired) electrons. The zero-order valence-electron chi connectivity index (χ0n) is 13.5.